The Bertz CT molecular complexity index is 640. The number of aryl methyl sites for hydroxylation is 1. The minimum Gasteiger partial charge on any atom is -0.489 e. The largest absolute Gasteiger partial charge is 0.489 e. The Balaban J connectivity index is 1.76. The molecule has 2 aromatic rings. The van der Waals surface area contributed by atoms with Crippen LogP contribution < -0.4 is 15.4 Å². The predicted octanol–water partition coefficient (Wildman–Crippen LogP) is 3.33. The Hall–Kier alpha value is -2.08. The molecule has 23 heavy (non-hydrogen) atoms. The molecule has 0 radical (unpaired) electrons. The second kappa shape index (κ2) is 8.53. The lowest BCUT2D eigenvalue weighted by molar-refractivity contribution is 0.223. The van der Waals surface area contributed by atoms with E-state index in [2.05, 4.69) is 34.0 Å². The van der Waals surface area contributed by atoms with Crippen LogP contribution in [0.4, 0.5) is 4.39 Å². The first-order valence-corrected chi connectivity index (χ1v) is 8.36. The number of ether oxygens (including phenoxy) is 1. The molecule has 1 aromatic carbocycles. The van der Waals surface area contributed by atoms with Crippen LogP contribution in [0.25, 0.3) is 0 Å². The van der Waals surface area contributed by atoms with Gasteiger partial charge in [-0.1, -0.05) is 0 Å². The molecule has 1 heterocycles. The molecule has 0 bridgehead atoms. The molecule has 1 atom stereocenters. The van der Waals surface area contributed by atoms with E-state index in [1.807, 2.05) is 6.92 Å². The van der Waals surface area contributed by atoms with Crippen molar-refractivity contribution in [3.63, 3.8) is 0 Å². The Morgan fingerprint density at radius 1 is 1.26 bits per heavy atom. The van der Waals surface area contributed by atoms with Crippen LogP contribution in [-0.2, 0) is 6.54 Å². The summed E-state index contributed by atoms with van der Waals surface area (Å²) in [5, 5.41) is 8.60. The van der Waals surface area contributed by atoms with Gasteiger partial charge in [0, 0.05) is 11.9 Å². The number of benzene rings is 1. The van der Waals surface area contributed by atoms with Gasteiger partial charge in [0.25, 0.3) is 0 Å². The first-order valence-electron chi connectivity index (χ1n) is 7.48. The highest BCUT2D eigenvalue weighted by molar-refractivity contribution is 7.10. The van der Waals surface area contributed by atoms with Gasteiger partial charge in [-0.25, -0.2) is 4.39 Å². The molecule has 4 nitrogen and oxygen atoms in total. The summed E-state index contributed by atoms with van der Waals surface area (Å²) in [6.07, 6.45) is -0.0671. The van der Waals surface area contributed by atoms with Gasteiger partial charge in [0.05, 0.1) is 13.1 Å². The Kier molecular flexibility index (Phi) is 6.40. The quantitative estimate of drug-likeness (QED) is 0.629. The number of nitrogens with zero attached hydrogens (tertiary/aromatic N) is 1. The van der Waals surface area contributed by atoms with Gasteiger partial charge in [0.15, 0.2) is 5.96 Å². The average Bonchev–Trinajstić information content (AvgIpc) is 2.95. The van der Waals surface area contributed by atoms with Gasteiger partial charge in [-0.05, 0) is 55.1 Å². The molecule has 1 unspecified atom stereocenters. The zero-order chi connectivity index (χ0) is 16.7. The van der Waals surface area contributed by atoms with Crippen LogP contribution in [0.1, 0.15) is 17.4 Å². The van der Waals surface area contributed by atoms with E-state index < -0.39 is 0 Å². The third-order valence-corrected chi connectivity index (χ3v) is 4.34. The summed E-state index contributed by atoms with van der Waals surface area (Å²) in [4.78, 5) is 5.50. The fourth-order valence-corrected chi connectivity index (χ4v) is 2.84. The molecule has 0 saturated heterocycles. The van der Waals surface area contributed by atoms with Crippen molar-refractivity contribution in [2.24, 2.45) is 4.99 Å². The monoisotopic (exact) mass is 335 g/mol. The SMILES string of the molecule is CN=C(NCc1sccc1C)NCC(C)Oc1ccc(F)cc1. The highest BCUT2D eigenvalue weighted by Gasteiger charge is 2.07. The highest BCUT2D eigenvalue weighted by atomic mass is 32.1. The number of rotatable bonds is 6. The molecule has 1 aromatic heterocycles. The number of guanidine groups is 1. The lowest BCUT2D eigenvalue weighted by Crippen LogP contribution is -2.41. The number of thiophene rings is 1. The van der Waals surface area contributed by atoms with Crippen LogP contribution in [-0.4, -0.2) is 25.7 Å². The smallest absolute Gasteiger partial charge is 0.191 e. The van der Waals surface area contributed by atoms with Gasteiger partial charge in [-0.3, -0.25) is 4.99 Å². The molecule has 0 saturated carbocycles. The van der Waals surface area contributed by atoms with Crippen LogP contribution in [0, 0.1) is 12.7 Å². The summed E-state index contributed by atoms with van der Waals surface area (Å²) in [5.74, 6) is 1.11. The molecule has 0 spiro atoms. The van der Waals surface area contributed by atoms with Crippen molar-refractivity contribution in [2.45, 2.75) is 26.5 Å². The second-order valence-corrected chi connectivity index (χ2v) is 6.22. The van der Waals surface area contributed by atoms with Crippen LogP contribution in [0.3, 0.4) is 0 Å². The van der Waals surface area contributed by atoms with E-state index in [0.29, 0.717) is 12.3 Å². The molecule has 0 aliphatic rings. The minimum atomic E-state index is -0.267. The molecule has 0 fully saturated rings. The maximum absolute atomic E-state index is 12.9. The number of hydrogen-bond donors (Lipinski definition) is 2. The molecule has 2 rings (SSSR count). The van der Waals surface area contributed by atoms with E-state index in [1.165, 1.54) is 22.6 Å². The average molecular weight is 335 g/mol. The van der Waals surface area contributed by atoms with E-state index in [0.717, 1.165) is 12.5 Å². The number of nitrogens with one attached hydrogen (secondary N) is 2. The fourth-order valence-electron chi connectivity index (χ4n) is 2.00. The van der Waals surface area contributed by atoms with Crippen molar-refractivity contribution in [3.8, 4) is 5.75 Å². The van der Waals surface area contributed by atoms with Crippen molar-refractivity contribution in [1.29, 1.82) is 0 Å². The van der Waals surface area contributed by atoms with Crippen LogP contribution in [0.2, 0.25) is 0 Å². The molecular formula is C17H22FN3OS. The van der Waals surface area contributed by atoms with Crippen LogP contribution in [0.5, 0.6) is 5.75 Å². The molecule has 124 valence electrons. The van der Waals surface area contributed by atoms with E-state index >= 15 is 0 Å². The zero-order valence-corrected chi connectivity index (χ0v) is 14.4. The van der Waals surface area contributed by atoms with E-state index in [4.69, 9.17) is 4.74 Å². The maximum Gasteiger partial charge on any atom is 0.191 e. The Morgan fingerprint density at radius 2 is 2.00 bits per heavy atom. The van der Waals surface area contributed by atoms with E-state index in [9.17, 15) is 4.39 Å². The lowest BCUT2D eigenvalue weighted by atomic mass is 10.3. The Morgan fingerprint density at radius 3 is 2.61 bits per heavy atom. The van der Waals surface area contributed by atoms with E-state index in [1.54, 1.807) is 30.5 Å². The second-order valence-electron chi connectivity index (χ2n) is 5.22. The maximum atomic E-state index is 12.9. The van der Waals surface area contributed by atoms with Gasteiger partial charge in [0.2, 0.25) is 0 Å². The van der Waals surface area contributed by atoms with Gasteiger partial charge in [-0.15, -0.1) is 11.3 Å². The summed E-state index contributed by atoms with van der Waals surface area (Å²) < 4.78 is 18.6. The third kappa shape index (κ3) is 5.56. The topological polar surface area (TPSA) is 45.7 Å². The summed E-state index contributed by atoms with van der Waals surface area (Å²) in [5.41, 5.74) is 1.28. The highest BCUT2D eigenvalue weighted by Crippen LogP contribution is 2.15. The molecule has 0 amide bonds. The standard InChI is InChI=1S/C17H22FN3OS/c1-12-8-9-23-16(12)11-21-17(19-3)20-10-13(2)22-15-6-4-14(18)5-7-15/h4-9,13H,10-11H2,1-3H3,(H2,19,20,21). The number of hydrogen-bond acceptors (Lipinski definition) is 3. The minimum absolute atomic E-state index is 0.0671. The van der Waals surface area contributed by atoms with Crippen molar-refractivity contribution < 1.29 is 9.13 Å². The van der Waals surface area contributed by atoms with Crippen LogP contribution in [0.15, 0.2) is 40.7 Å². The third-order valence-electron chi connectivity index (χ3n) is 3.32. The van der Waals surface area contributed by atoms with Crippen molar-refractivity contribution >= 4 is 17.3 Å². The summed E-state index contributed by atoms with van der Waals surface area (Å²) >= 11 is 1.73. The molecule has 2 N–H and O–H groups in total. The zero-order valence-electron chi connectivity index (χ0n) is 13.6. The summed E-state index contributed by atoms with van der Waals surface area (Å²) in [6, 6.07) is 8.13. The normalized spacial score (nSPS) is 12.8. The van der Waals surface area contributed by atoms with Gasteiger partial charge in [-0.2, -0.15) is 0 Å². The molecule has 6 heteroatoms. The van der Waals surface area contributed by atoms with E-state index in [-0.39, 0.29) is 11.9 Å². The van der Waals surface area contributed by atoms with Crippen LogP contribution >= 0.6 is 11.3 Å². The Labute approximate surface area is 140 Å². The van der Waals surface area contributed by atoms with Crippen molar-refractivity contribution in [1.82, 2.24) is 10.6 Å². The van der Waals surface area contributed by atoms with Crippen molar-refractivity contribution in [2.75, 3.05) is 13.6 Å². The summed E-state index contributed by atoms with van der Waals surface area (Å²) in [7, 11) is 1.74. The number of aliphatic imine (C=N–C) groups is 1. The lowest BCUT2D eigenvalue weighted by Gasteiger charge is -2.17. The van der Waals surface area contributed by atoms with Gasteiger partial charge < -0.3 is 15.4 Å². The first kappa shape index (κ1) is 17.3. The molecule has 0 aliphatic carbocycles. The molecular weight excluding hydrogens is 313 g/mol. The fraction of sp³-hybridized carbons (Fsp3) is 0.353. The predicted molar refractivity (Wildman–Crippen MR) is 93.7 cm³/mol. The van der Waals surface area contributed by atoms with Crippen molar-refractivity contribution in [3.05, 3.63) is 52.0 Å². The number of halogens is 1. The summed E-state index contributed by atoms with van der Waals surface area (Å²) in [6.45, 7) is 5.40. The molecule has 0 aliphatic heterocycles. The van der Waals surface area contributed by atoms with Gasteiger partial charge >= 0.3 is 0 Å². The first-order chi connectivity index (χ1) is 11.1. The van der Waals surface area contributed by atoms with Gasteiger partial charge in [0.1, 0.15) is 17.7 Å².